The Kier molecular flexibility index (Phi) is 6.45. The molecule has 3 heterocycles. The number of anilines is 2. The van der Waals surface area contributed by atoms with Crippen LogP contribution in [0.4, 0.5) is 11.8 Å². The van der Waals surface area contributed by atoms with E-state index in [-0.39, 0.29) is 5.91 Å². The lowest BCUT2D eigenvalue weighted by Gasteiger charge is -2.28. The van der Waals surface area contributed by atoms with Gasteiger partial charge in [-0.05, 0) is 45.2 Å². The van der Waals surface area contributed by atoms with Gasteiger partial charge in [0.15, 0.2) is 11.0 Å². The van der Waals surface area contributed by atoms with Crippen molar-refractivity contribution in [2.45, 2.75) is 43.5 Å². The van der Waals surface area contributed by atoms with Crippen LogP contribution < -0.4 is 15.0 Å². The molecule has 0 aliphatic carbocycles. The van der Waals surface area contributed by atoms with Crippen molar-refractivity contribution in [3.05, 3.63) is 36.1 Å². The number of carbonyl (C=O) groups is 1. The first-order valence-electron chi connectivity index (χ1n) is 10.3. The minimum absolute atomic E-state index is 0.188. The molecule has 1 N–H and O–H groups in total. The van der Waals surface area contributed by atoms with Crippen molar-refractivity contribution in [3.63, 3.8) is 0 Å². The number of benzene rings is 1. The van der Waals surface area contributed by atoms with E-state index < -0.39 is 5.25 Å². The van der Waals surface area contributed by atoms with Crippen molar-refractivity contribution in [2.24, 2.45) is 0 Å². The van der Waals surface area contributed by atoms with Crippen molar-refractivity contribution in [3.8, 4) is 11.4 Å². The van der Waals surface area contributed by atoms with E-state index in [1.807, 2.05) is 35.8 Å². The zero-order chi connectivity index (χ0) is 21.8. The third kappa shape index (κ3) is 4.68. The van der Waals surface area contributed by atoms with E-state index in [0.29, 0.717) is 16.7 Å². The number of hydrogen-bond acceptors (Lipinski definition) is 8. The maximum atomic E-state index is 12.7. The van der Waals surface area contributed by atoms with Crippen LogP contribution in [-0.4, -0.2) is 51.3 Å². The van der Waals surface area contributed by atoms with E-state index >= 15 is 0 Å². The minimum atomic E-state index is -0.427. The van der Waals surface area contributed by atoms with Crippen LogP contribution in [0.3, 0.4) is 0 Å². The van der Waals surface area contributed by atoms with E-state index in [4.69, 9.17) is 9.26 Å². The van der Waals surface area contributed by atoms with Crippen molar-refractivity contribution in [2.75, 3.05) is 30.4 Å². The van der Waals surface area contributed by atoms with Gasteiger partial charge in [-0.15, -0.1) is 10.2 Å². The topological polar surface area (TPSA) is 98.3 Å². The molecule has 3 aromatic rings. The Morgan fingerprint density at radius 2 is 2.00 bits per heavy atom. The van der Waals surface area contributed by atoms with E-state index in [1.54, 1.807) is 20.1 Å². The summed E-state index contributed by atoms with van der Waals surface area (Å²) in [6.07, 6.45) is 3.47. The summed E-state index contributed by atoms with van der Waals surface area (Å²) in [5, 5.41) is 15.7. The zero-order valence-corrected chi connectivity index (χ0v) is 18.7. The molecule has 1 fully saturated rings. The van der Waals surface area contributed by atoms with Crippen LogP contribution in [0.15, 0.2) is 40.0 Å². The number of ether oxygens (including phenoxy) is 1. The first-order chi connectivity index (χ1) is 15.1. The maximum absolute atomic E-state index is 12.7. The molecule has 0 bridgehead atoms. The Morgan fingerprint density at radius 1 is 1.23 bits per heavy atom. The third-order valence-corrected chi connectivity index (χ3v) is 6.15. The van der Waals surface area contributed by atoms with Gasteiger partial charge in [-0.25, -0.2) is 0 Å². The van der Waals surface area contributed by atoms with Crippen LogP contribution in [0.5, 0.6) is 5.75 Å². The fourth-order valence-electron chi connectivity index (χ4n) is 3.53. The number of nitrogens with one attached hydrogen (secondary N) is 1. The molecule has 0 radical (unpaired) electrons. The molecule has 0 spiro atoms. The summed E-state index contributed by atoms with van der Waals surface area (Å²) < 4.78 is 12.6. The predicted octanol–water partition coefficient (Wildman–Crippen LogP) is 3.68. The summed E-state index contributed by atoms with van der Waals surface area (Å²) in [7, 11) is 1.65. The highest BCUT2D eigenvalue weighted by atomic mass is 32.2. The molecule has 1 aromatic carbocycles. The highest BCUT2D eigenvalue weighted by Gasteiger charge is 2.26. The van der Waals surface area contributed by atoms with Crippen LogP contribution >= 0.6 is 11.8 Å². The predicted molar refractivity (Wildman–Crippen MR) is 119 cm³/mol. The average Bonchev–Trinajstić information content (AvgIpc) is 3.40. The number of hydrogen-bond donors (Lipinski definition) is 1. The van der Waals surface area contributed by atoms with Crippen molar-refractivity contribution >= 4 is 29.4 Å². The molecular formula is C21H26N6O3S. The maximum Gasteiger partial charge on any atom is 0.238 e. The van der Waals surface area contributed by atoms with Gasteiger partial charge in [0.05, 0.1) is 18.0 Å². The summed E-state index contributed by atoms with van der Waals surface area (Å²) in [5.74, 6) is 2.34. The monoisotopic (exact) mass is 442 g/mol. The second-order valence-electron chi connectivity index (χ2n) is 7.41. The largest absolute Gasteiger partial charge is 0.495 e. The molecule has 0 saturated carbocycles. The molecule has 1 aliphatic heterocycles. The van der Waals surface area contributed by atoms with E-state index in [9.17, 15) is 4.79 Å². The summed E-state index contributed by atoms with van der Waals surface area (Å²) >= 11 is 1.34. The number of thioether (sulfide) groups is 1. The lowest BCUT2D eigenvalue weighted by atomic mass is 10.1. The molecule has 1 unspecified atom stereocenters. The van der Waals surface area contributed by atoms with Gasteiger partial charge in [0, 0.05) is 19.2 Å². The molecule has 1 amide bonds. The Hall–Kier alpha value is -3.01. The van der Waals surface area contributed by atoms with Crippen LogP contribution in [0.2, 0.25) is 0 Å². The van der Waals surface area contributed by atoms with Gasteiger partial charge in [0.2, 0.25) is 11.9 Å². The number of amides is 1. The smallest absolute Gasteiger partial charge is 0.238 e. The zero-order valence-electron chi connectivity index (χ0n) is 17.9. The number of rotatable bonds is 7. The molecule has 9 nitrogen and oxygen atoms in total. The Bertz CT molecular complexity index is 1040. The molecule has 10 heteroatoms. The lowest BCUT2D eigenvalue weighted by Crippen LogP contribution is -2.32. The molecule has 4 rings (SSSR count). The average molecular weight is 443 g/mol. The van der Waals surface area contributed by atoms with Crippen LogP contribution in [-0.2, 0) is 4.79 Å². The molecule has 2 aromatic heterocycles. The van der Waals surface area contributed by atoms with Crippen molar-refractivity contribution in [1.29, 1.82) is 0 Å². The number of para-hydroxylation sites is 2. The summed E-state index contributed by atoms with van der Waals surface area (Å²) in [5.41, 5.74) is 0.845. The number of aryl methyl sites for hydroxylation is 1. The normalized spacial score (nSPS) is 15.0. The SMILES string of the molecule is COc1ccccc1-n1c(SC(C)C(=O)Nc2cc(C)on2)nnc1N1CCCCC1. The highest BCUT2D eigenvalue weighted by molar-refractivity contribution is 8.00. The lowest BCUT2D eigenvalue weighted by molar-refractivity contribution is -0.115. The number of carbonyl (C=O) groups excluding carboxylic acids is 1. The van der Waals surface area contributed by atoms with E-state index in [2.05, 4.69) is 25.6 Å². The summed E-state index contributed by atoms with van der Waals surface area (Å²) in [6.45, 7) is 5.46. The van der Waals surface area contributed by atoms with Crippen LogP contribution in [0.1, 0.15) is 31.9 Å². The second kappa shape index (κ2) is 9.42. The summed E-state index contributed by atoms with van der Waals surface area (Å²) in [6, 6.07) is 9.45. The standard InChI is InChI=1S/C21H26N6O3S/c1-14-13-18(25-30-14)22-19(28)15(2)31-21-24-23-20(26-11-7-4-8-12-26)27(21)16-9-5-6-10-17(16)29-3/h5-6,9-10,13,15H,4,7-8,11-12H2,1-3H3,(H,22,25,28). The fraction of sp³-hybridized carbons (Fsp3) is 0.429. The number of nitrogens with zero attached hydrogens (tertiary/aromatic N) is 5. The van der Waals surface area contributed by atoms with E-state index in [1.165, 1.54) is 18.2 Å². The molecule has 1 saturated heterocycles. The Morgan fingerprint density at radius 3 is 2.71 bits per heavy atom. The molecule has 164 valence electrons. The quantitative estimate of drug-likeness (QED) is 0.553. The van der Waals surface area contributed by atoms with Crippen molar-refractivity contribution < 1.29 is 14.1 Å². The van der Waals surface area contributed by atoms with Gasteiger partial charge in [-0.2, -0.15) is 0 Å². The van der Waals surface area contributed by atoms with Gasteiger partial charge in [-0.1, -0.05) is 29.1 Å². The van der Waals surface area contributed by atoms with Gasteiger partial charge in [-0.3, -0.25) is 9.36 Å². The number of piperidine rings is 1. The first-order valence-corrected chi connectivity index (χ1v) is 11.2. The number of aromatic nitrogens is 4. The van der Waals surface area contributed by atoms with Gasteiger partial charge < -0.3 is 19.5 Å². The first kappa shape index (κ1) is 21.2. The van der Waals surface area contributed by atoms with Crippen LogP contribution in [0, 0.1) is 6.92 Å². The Balaban J connectivity index is 1.63. The second-order valence-corrected chi connectivity index (χ2v) is 8.72. The molecule has 1 aliphatic rings. The highest BCUT2D eigenvalue weighted by Crippen LogP contribution is 2.34. The van der Waals surface area contributed by atoms with Crippen LogP contribution in [0.25, 0.3) is 5.69 Å². The fourth-order valence-corrected chi connectivity index (χ4v) is 4.38. The third-order valence-electron chi connectivity index (χ3n) is 5.11. The van der Waals surface area contributed by atoms with Crippen molar-refractivity contribution in [1.82, 2.24) is 19.9 Å². The molecule has 1 atom stereocenters. The molecular weight excluding hydrogens is 416 g/mol. The van der Waals surface area contributed by atoms with Gasteiger partial charge in [0.25, 0.3) is 0 Å². The van der Waals surface area contributed by atoms with E-state index in [0.717, 1.165) is 43.3 Å². The number of methoxy groups -OCH3 is 1. The Labute approximate surface area is 185 Å². The molecule has 31 heavy (non-hydrogen) atoms. The van der Waals surface area contributed by atoms with Gasteiger partial charge in [0.1, 0.15) is 11.5 Å². The van der Waals surface area contributed by atoms with Gasteiger partial charge >= 0.3 is 0 Å². The summed E-state index contributed by atoms with van der Waals surface area (Å²) in [4.78, 5) is 14.9. The minimum Gasteiger partial charge on any atom is -0.495 e.